The molecule has 0 aliphatic heterocycles. The summed E-state index contributed by atoms with van der Waals surface area (Å²) in [6.45, 7) is 1.67. The minimum absolute atomic E-state index is 0.312. The highest BCUT2D eigenvalue weighted by molar-refractivity contribution is 5.25. The van der Waals surface area contributed by atoms with Gasteiger partial charge in [0.15, 0.2) is 0 Å². The predicted molar refractivity (Wildman–Crippen MR) is 59.2 cm³/mol. The standard InChI is InChI=1S/C13H13F3O/c1-2-3-4-12(17)9-10-5-7-11(8-6-10)13(14,15)16/h5-8,12,17H,4,9H2,1H3. The van der Waals surface area contributed by atoms with Crippen molar-refractivity contribution < 1.29 is 18.3 Å². The summed E-state index contributed by atoms with van der Waals surface area (Å²) in [5.41, 5.74) is -0.00695. The molecule has 1 atom stereocenters. The zero-order valence-corrected chi connectivity index (χ0v) is 9.38. The summed E-state index contributed by atoms with van der Waals surface area (Å²) in [4.78, 5) is 0. The van der Waals surface area contributed by atoms with E-state index in [1.807, 2.05) is 0 Å². The fraction of sp³-hybridized carbons (Fsp3) is 0.385. The number of aliphatic hydroxyl groups is 1. The average Bonchev–Trinajstić information content (AvgIpc) is 2.26. The van der Waals surface area contributed by atoms with Crippen LogP contribution in [0.25, 0.3) is 0 Å². The van der Waals surface area contributed by atoms with Gasteiger partial charge in [-0.1, -0.05) is 12.1 Å². The fourth-order valence-corrected chi connectivity index (χ4v) is 1.39. The number of benzene rings is 1. The van der Waals surface area contributed by atoms with Gasteiger partial charge in [0.1, 0.15) is 0 Å². The molecule has 0 radical (unpaired) electrons. The Labute approximate surface area is 98.3 Å². The largest absolute Gasteiger partial charge is 0.416 e. The van der Waals surface area contributed by atoms with Crippen molar-refractivity contribution >= 4 is 0 Å². The molecule has 0 saturated carbocycles. The highest BCUT2D eigenvalue weighted by Crippen LogP contribution is 2.29. The van der Waals surface area contributed by atoms with Crippen molar-refractivity contribution in [3.05, 3.63) is 35.4 Å². The third-order valence-corrected chi connectivity index (χ3v) is 2.27. The molecule has 17 heavy (non-hydrogen) atoms. The summed E-state index contributed by atoms with van der Waals surface area (Å²) in [5, 5.41) is 9.54. The molecule has 1 nitrogen and oxygen atoms in total. The van der Waals surface area contributed by atoms with Gasteiger partial charge >= 0.3 is 6.18 Å². The Kier molecular flexibility index (Phi) is 4.59. The van der Waals surface area contributed by atoms with Gasteiger partial charge in [-0.15, -0.1) is 11.8 Å². The first-order valence-electron chi connectivity index (χ1n) is 5.17. The molecule has 0 aliphatic rings. The maximum absolute atomic E-state index is 12.3. The molecule has 0 spiro atoms. The number of halogens is 3. The van der Waals surface area contributed by atoms with E-state index in [0.29, 0.717) is 18.4 Å². The second-order valence-electron chi connectivity index (χ2n) is 3.68. The Morgan fingerprint density at radius 3 is 2.29 bits per heavy atom. The lowest BCUT2D eigenvalue weighted by Gasteiger charge is -2.09. The summed E-state index contributed by atoms with van der Waals surface area (Å²) in [7, 11) is 0. The number of aliphatic hydroxyl groups excluding tert-OH is 1. The molecule has 4 heteroatoms. The van der Waals surface area contributed by atoms with E-state index in [9.17, 15) is 18.3 Å². The molecule has 1 aromatic rings. The first-order chi connectivity index (χ1) is 7.93. The van der Waals surface area contributed by atoms with Gasteiger partial charge in [0.05, 0.1) is 11.7 Å². The SMILES string of the molecule is CC#CCC(O)Cc1ccc(C(F)(F)F)cc1. The smallest absolute Gasteiger partial charge is 0.392 e. The topological polar surface area (TPSA) is 20.2 Å². The van der Waals surface area contributed by atoms with Crippen molar-refractivity contribution in [3.63, 3.8) is 0 Å². The summed E-state index contributed by atoms with van der Waals surface area (Å²) >= 11 is 0. The first-order valence-corrected chi connectivity index (χ1v) is 5.17. The Morgan fingerprint density at radius 1 is 1.24 bits per heavy atom. The Bertz CT molecular complexity index is 409. The van der Waals surface area contributed by atoms with E-state index in [1.165, 1.54) is 12.1 Å². The number of rotatable bonds is 3. The molecular formula is C13H13F3O. The zero-order chi connectivity index (χ0) is 12.9. The van der Waals surface area contributed by atoms with Crippen molar-refractivity contribution in [1.82, 2.24) is 0 Å². The quantitative estimate of drug-likeness (QED) is 0.808. The summed E-state index contributed by atoms with van der Waals surface area (Å²) in [6, 6.07) is 4.80. The van der Waals surface area contributed by atoms with Gasteiger partial charge in [0, 0.05) is 6.42 Å². The van der Waals surface area contributed by atoms with Gasteiger partial charge < -0.3 is 5.11 Å². The van der Waals surface area contributed by atoms with Gasteiger partial charge in [0.2, 0.25) is 0 Å². The van der Waals surface area contributed by atoms with E-state index in [4.69, 9.17) is 0 Å². The van der Waals surface area contributed by atoms with Crippen LogP contribution in [0.3, 0.4) is 0 Å². The minimum atomic E-state index is -4.31. The highest BCUT2D eigenvalue weighted by atomic mass is 19.4. The van der Waals surface area contributed by atoms with Gasteiger partial charge in [-0.2, -0.15) is 13.2 Å². The van der Waals surface area contributed by atoms with Crippen molar-refractivity contribution in [3.8, 4) is 11.8 Å². The van der Waals surface area contributed by atoms with E-state index in [-0.39, 0.29) is 0 Å². The van der Waals surface area contributed by atoms with Crippen LogP contribution in [-0.4, -0.2) is 11.2 Å². The molecule has 1 unspecified atom stereocenters. The second kappa shape index (κ2) is 5.74. The Hall–Kier alpha value is -1.47. The van der Waals surface area contributed by atoms with Crippen LogP contribution in [0.2, 0.25) is 0 Å². The van der Waals surface area contributed by atoms with Crippen molar-refractivity contribution in [2.75, 3.05) is 0 Å². The minimum Gasteiger partial charge on any atom is -0.392 e. The number of hydrogen-bond acceptors (Lipinski definition) is 1. The van der Waals surface area contributed by atoms with Crippen LogP contribution in [0.15, 0.2) is 24.3 Å². The van der Waals surface area contributed by atoms with Crippen LogP contribution < -0.4 is 0 Å². The van der Waals surface area contributed by atoms with Crippen LogP contribution >= 0.6 is 0 Å². The molecule has 0 saturated heterocycles. The fourth-order valence-electron chi connectivity index (χ4n) is 1.39. The monoisotopic (exact) mass is 242 g/mol. The van der Waals surface area contributed by atoms with Crippen LogP contribution in [0, 0.1) is 11.8 Å². The summed E-state index contributed by atoms with van der Waals surface area (Å²) in [6.07, 6.45) is -4.31. The number of hydrogen-bond donors (Lipinski definition) is 1. The average molecular weight is 242 g/mol. The molecule has 0 aromatic heterocycles. The van der Waals surface area contributed by atoms with Gasteiger partial charge in [0.25, 0.3) is 0 Å². The zero-order valence-electron chi connectivity index (χ0n) is 9.38. The normalized spacial score (nSPS) is 12.8. The second-order valence-corrected chi connectivity index (χ2v) is 3.68. The molecule has 1 rings (SSSR count). The van der Waals surface area contributed by atoms with Crippen molar-refractivity contribution in [1.29, 1.82) is 0 Å². The molecule has 92 valence electrons. The van der Waals surface area contributed by atoms with Crippen molar-refractivity contribution in [2.45, 2.75) is 32.0 Å². The molecule has 0 bridgehead atoms. The lowest BCUT2D eigenvalue weighted by Crippen LogP contribution is -2.10. The van der Waals surface area contributed by atoms with Gasteiger partial charge in [-0.25, -0.2) is 0 Å². The highest BCUT2D eigenvalue weighted by Gasteiger charge is 2.29. The van der Waals surface area contributed by atoms with E-state index in [2.05, 4.69) is 11.8 Å². The van der Waals surface area contributed by atoms with E-state index in [1.54, 1.807) is 6.92 Å². The first kappa shape index (κ1) is 13.6. The maximum atomic E-state index is 12.3. The predicted octanol–water partition coefficient (Wildman–Crippen LogP) is 3.02. The third kappa shape index (κ3) is 4.49. The van der Waals surface area contributed by atoms with E-state index in [0.717, 1.165) is 12.1 Å². The van der Waals surface area contributed by atoms with Gasteiger partial charge in [-0.3, -0.25) is 0 Å². The third-order valence-electron chi connectivity index (χ3n) is 2.27. The van der Waals surface area contributed by atoms with E-state index >= 15 is 0 Å². The Balaban J connectivity index is 2.64. The Morgan fingerprint density at radius 2 is 1.82 bits per heavy atom. The molecule has 0 fully saturated rings. The molecule has 1 aromatic carbocycles. The lowest BCUT2D eigenvalue weighted by atomic mass is 10.0. The van der Waals surface area contributed by atoms with E-state index < -0.39 is 17.8 Å². The lowest BCUT2D eigenvalue weighted by molar-refractivity contribution is -0.137. The summed E-state index contributed by atoms with van der Waals surface area (Å²) in [5.74, 6) is 5.38. The maximum Gasteiger partial charge on any atom is 0.416 e. The molecule has 0 heterocycles. The van der Waals surface area contributed by atoms with Gasteiger partial charge in [-0.05, 0) is 31.0 Å². The summed E-state index contributed by atoms with van der Waals surface area (Å²) < 4.78 is 36.8. The number of alkyl halides is 3. The van der Waals surface area contributed by atoms with Crippen LogP contribution in [0.5, 0.6) is 0 Å². The molecule has 0 amide bonds. The van der Waals surface area contributed by atoms with Crippen LogP contribution in [-0.2, 0) is 12.6 Å². The van der Waals surface area contributed by atoms with Crippen LogP contribution in [0.1, 0.15) is 24.5 Å². The van der Waals surface area contributed by atoms with Crippen LogP contribution in [0.4, 0.5) is 13.2 Å². The molecular weight excluding hydrogens is 229 g/mol. The van der Waals surface area contributed by atoms with Crippen molar-refractivity contribution in [2.24, 2.45) is 0 Å². The molecule has 0 aliphatic carbocycles. The molecule has 1 N–H and O–H groups in total.